The normalized spacial score (nSPS) is 21.6. The predicted molar refractivity (Wildman–Crippen MR) is 81.2 cm³/mol. The van der Waals surface area contributed by atoms with Crippen molar-refractivity contribution in [3.8, 4) is 0 Å². The molecule has 0 amide bonds. The van der Waals surface area contributed by atoms with Crippen molar-refractivity contribution in [3.63, 3.8) is 0 Å². The van der Waals surface area contributed by atoms with Gasteiger partial charge in [0.1, 0.15) is 5.82 Å². The predicted octanol–water partition coefficient (Wildman–Crippen LogP) is 2.02. The first kappa shape index (κ1) is 15.4. The number of likely N-dealkylation sites (tertiary alicyclic amines) is 1. The lowest BCUT2D eigenvalue weighted by molar-refractivity contribution is 0.211. The van der Waals surface area contributed by atoms with Crippen molar-refractivity contribution >= 4 is 0 Å². The molecule has 1 fully saturated rings. The molecule has 112 valence electrons. The quantitative estimate of drug-likeness (QED) is 0.895. The third-order valence-electron chi connectivity index (χ3n) is 4.37. The summed E-state index contributed by atoms with van der Waals surface area (Å²) in [5.41, 5.74) is 7.58. The van der Waals surface area contributed by atoms with Gasteiger partial charge in [0.2, 0.25) is 0 Å². The van der Waals surface area contributed by atoms with Crippen LogP contribution in [0.5, 0.6) is 0 Å². The number of aryl methyl sites for hydroxylation is 1. The maximum absolute atomic E-state index is 13.7. The Morgan fingerprint density at radius 2 is 2.25 bits per heavy atom. The topological polar surface area (TPSA) is 32.5 Å². The van der Waals surface area contributed by atoms with E-state index in [4.69, 9.17) is 5.73 Å². The van der Waals surface area contributed by atoms with Gasteiger partial charge in [0.05, 0.1) is 0 Å². The highest BCUT2D eigenvalue weighted by Gasteiger charge is 2.24. The SMILES string of the molecule is Cc1ccc(C(CN)N(C)CC2CCN(C)C2)cc1F. The second kappa shape index (κ2) is 6.66. The fourth-order valence-electron chi connectivity index (χ4n) is 3.10. The number of benzene rings is 1. The van der Waals surface area contributed by atoms with Crippen molar-refractivity contribution in [2.45, 2.75) is 19.4 Å². The van der Waals surface area contributed by atoms with Crippen molar-refractivity contribution in [2.24, 2.45) is 11.7 Å². The van der Waals surface area contributed by atoms with Crippen LogP contribution in [0.4, 0.5) is 4.39 Å². The van der Waals surface area contributed by atoms with Crippen LogP contribution in [0.3, 0.4) is 0 Å². The summed E-state index contributed by atoms with van der Waals surface area (Å²) in [4.78, 5) is 4.63. The van der Waals surface area contributed by atoms with Crippen LogP contribution in [0.15, 0.2) is 18.2 Å². The molecule has 2 unspecified atom stereocenters. The molecule has 1 aromatic carbocycles. The van der Waals surface area contributed by atoms with Gasteiger partial charge in [-0.15, -0.1) is 0 Å². The van der Waals surface area contributed by atoms with Crippen LogP contribution < -0.4 is 5.73 Å². The van der Waals surface area contributed by atoms with Crippen molar-refractivity contribution in [1.29, 1.82) is 0 Å². The Morgan fingerprint density at radius 1 is 1.50 bits per heavy atom. The molecule has 0 radical (unpaired) electrons. The smallest absolute Gasteiger partial charge is 0.126 e. The first-order chi connectivity index (χ1) is 9.51. The summed E-state index contributed by atoms with van der Waals surface area (Å²) < 4.78 is 13.7. The molecule has 2 atom stereocenters. The van der Waals surface area contributed by atoms with Crippen LogP contribution in [0.2, 0.25) is 0 Å². The van der Waals surface area contributed by atoms with Gasteiger partial charge in [0, 0.05) is 25.7 Å². The maximum atomic E-state index is 13.7. The van der Waals surface area contributed by atoms with Crippen LogP contribution in [0.25, 0.3) is 0 Å². The largest absolute Gasteiger partial charge is 0.329 e. The molecule has 0 bridgehead atoms. The molecule has 20 heavy (non-hydrogen) atoms. The zero-order chi connectivity index (χ0) is 14.7. The van der Waals surface area contributed by atoms with E-state index in [1.165, 1.54) is 13.0 Å². The second-order valence-electron chi connectivity index (χ2n) is 6.12. The number of halogens is 1. The zero-order valence-electron chi connectivity index (χ0n) is 12.8. The molecule has 4 heteroatoms. The lowest BCUT2D eigenvalue weighted by Gasteiger charge is -2.29. The van der Waals surface area contributed by atoms with Crippen LogP contribution in [0.1, 0.15) is 23.6 Å². The van der Waals surface area contributed by atoms with E-state index < -0.39 is 0 Å². The van der Waals surface area contributed by atoms with E-state index >= 15 is 0 Å². The first-order valence-corrected chi connectivity index (χ1v) is 7.36. The van der Waals surface area contributed by atoms with Gasteiger partial charge in [-0.25, -0.2) is 4.39 Å². The van der Waals surface area contributed by atoms with Gasteiger partial charge in [-0.2, -0.15) is 0 Å². The molecule has 2 rings (SSSR count). The van der Waals surface area contributed by atoms with E-state index in [2.05, 4.69) is 23.9 Å². The third kappa shape index (κ3) is 3.57. The molecule has 0 saturated carbocycles. The number of likely N-dealkylation sites (N-methyl/N-ethyl adjacent to an activating group) is 1. The van der Waals surface area contributed by atoms with Gasteiger partial charge in [0.25, 0.3) is 0 Å². The van der Waals surface area contributed by atoms with E-state index in [-0.39, 0.29) is 11.9 Å². The van der Waals surface area contributed by atoms with E-state index in [0.717, 1.165) is 18.7 Å². The summed E-state index contributed by atoms with van der Waals surface area (Å²) in [5, 5.41) is 0. The van der Waals surface area contributed by atoms with Crippen molar-refractivity contribution in [3.05, 3.63) is 35.1 Å². The van der Waals surface area contributed by atoms with Gasteiger partial charge in [-0.05, 0) is 57.1 Å². The van der Waals surface area contributed by atoms with E-state index in [0.29, 0.717) is 18.0 Å². The summed E-state index contributed by atoms with van der Waals surface area (Å²) in [6, 6.07) is 5.55. The minimum Gasteiger partial charge on any atom is -0.329 e. The number of hydrogen-bond donors (Lipinski definition) is 1. The standard InChI is InChI=1S/C16H26FN3/c1-12-4-5-14(8-15(12)17)16(9-18)20(3)11-13-6-7-19(2)10-13/h4-5,8,13,16H,6-7,9-11,18H2,1-3H3. The lowest BCUT2D eigenvalue weighted by atomic mass is 10.0. The minimum absolute atomic E-state index is 0.0935. The molecule has 1 aliphatic rings. The van der Waals surface area contributed by atoms with E-state index in [1.807, 2.05) is 12.1 Å². The summed E-state index contributed by atoms with van der Waals surface area (Å²) in [6.07, 6.45) is 1.24. The summed E-state index contributed by atoms with van der Waals surface area (Å²) in [6.45, 7) is 5.63. The molecular formula is C16H26FN3. The van der Waals surface area contributed by atoms with Gasteiger partial charge < -0.3 is 10.6 Å². The summed E-state index contributed by atoms with van der Waals surface area (Å²) in [7, 11) is 4.25. The van der Waals surface area contributed by atoms with Gasteiger partial charge in [-0.3, -0.25) is 4.90 Å². The Labute approximate surface area is 121 Å². The first-order valence-electron chi connectivity index (χ1n) is 7.36. The Kier molecular flexibility index (Phi) is 5.13. The summed E-state index contributed by atoms with van der Waals surface area (Å²) >= 11 is 0. The molecule has 0 aromatic heterocycles. The fraction of sp³-hybridized carbons (Fsp3) is 0.625. The Hall–Kier alpha value is -0.970. The molecule has 1 aliphatic heterocycles. The van der Waals surface area contributed by atoms with E-state index in [1.54, 1.807) is 13.0 Å². The number of rotatable bonds is 5. The lowest BCUT2D eigenvalue weighted by Crippen LogP contribution is -2.35. The molecule has 1 saturated heterocycles. The highest BCUT2D eigenvalue weighted by atomic mass is 19.1. The van der Waals surface area contributed by atoms with Gasteiger partial charge in [-0.1, -0.05) is 12.1 Å². The molecule has 0 aliphatic carbocycles. The zero-order valence-corrected chi connectivity index (χ0v) is 12.8. The van der Waals surface area contributed by atoms with Crippen LogP contribution in [-0.2, 0) is 0 Å². The Bertz CT molecular complexity index is 449. The molecule has 1 heterocycles. The third-order valence-corrected chi connectivity index (χ3v) is 4.37. The average molecular weight is 279 g/mol. The van der Waals surface area contributed by atoms with Crippen molar-refractivity contribution in [1.82, 2.24) is 9.80 Å². The van der Waals surface area contributed by atoms with Crippen LogP contribution in [0, 0.1) is 18.7 Å². The van der Waals surface area contributed by atoms with E-state index in [9.17, 15) is 4.39 Å². The fourth-order valence-corrected chi connectivity index (χ4v) is 3.10. The highest BCUT2D eigenvalue weighted by Crippen LogP contribution is 2.24. The molecule has 2 N–H and O–H groups in total. The number of nitrogens with zero attached hydrogens (tertiary/aromatic N) is 2. The average Bonchev–Trinajstić information content (AvgIpc) is 2.80. The van der Waals surface area contributed by atoms with Gasteiger partial charge >= 0.3 is 0 Å². The molecular weight excluding hydrogens is 253 g/mol. The maximum Gasteiger partial charge on any atom is 0.126 e. The van der Waals surface area contributed by atoms with Crippen molar-refractivity contribution in [2.75, 3.05) is 40.3 Å². The van der Waals surface area contributed by atoms with Crippen LogP contribution >= 0.6 is 0 Å². The second-order valence-corrected chi connectivity index (χ2v) is 6.12. The highest BCUT2D eigenvalue weighted by molar-refractivity contribution is 5.26. The Balaban J connectivity index is 2.04. The van der Waals surface area contributed by atoms with Gasteiger partial charge in [0.15, 0.2) is 0 Å². The molecule has 3 nitrogen and oxygen atoms in total. The number of hydrogen-bond acceptors (Lipinski definition) is 3. The molecule has 0 spiro atoms. The van der Waals surface area contributed by atoms with Crippen LogP contribution in [-0.4, -0.2) is 50.1 Å². The monoisotopic (exact) mass is 279 g/mol. The number of nitrogens with two attached hydrogens (primary N) is 1. The molecule has 1 aromatic rings. The van der Waals surface area contributed by atoms with Crippen molar-refractivity contribution < 1.29 is 4.39 Å². The summed E-state index contributed by atoms with van der Waals surface area (Å²) in [5.74, 6) is 0.546. The Morgan fingerprint density at radius 3 is 2.80 bits per heavy atom. The minimum atomic E-state index is -0.144.